The van der Waals surface area contributed by atoms with Gasteiger partial charge >= 0.3 is 0 Å². The molecule has 0 unspecified atom stereocenters. The molecule has 128 valence electrons. The molecule has 0 radical (unpaired) electrons. The minimum absolute atomic E-state index is 0.302. The van der Waals surface area contributed by atoms with Gasteiger partial charge in [-0.3, -0.25) is 10.00 Å². The standard InChI is InChI=1S/C16H21FN6O/c17-12-3-1-4-13(11-12)19-21-15-14(20-22-16(15)18)5-2-6-23-7-9-24-10-8-23/h1,3-4,11H,2,5-10H2,(H3,18,20,22). The lowest BCUT2D eigenvalue weighted by atomic mass is 10.2. The van der Waals surface area contributed by atoms with Crippen LogP contribution in [0.4, 0.5) is 21.6 Å². The molecule has 1 aromatic carbocycles. The van der Waals surface area contributed by atoms with Crippen LogP contribution in [0.2, 0.25) is 0 Å². The number of nitrogen functional groups attached to an aromatic ring is 1. The lowest BCUT2D eigenvalue weighted by molar-refractivity contribution is 0.0374. The highest BCUT2D eigenvalue weighted by atomic mass is 19.1. The molecule has 7 nitrogen and oxygen atoms in total. The molecule has 8 heteroatoms. The zero-order valence-corrected chi connectivity index (χ0v) is 13.4. The lowest BCUT2D eigenvalue weighted by Gasteiger charge is -2.26. The van der Waals surface area contributed by atoms with Crippen LogP contribution in [0, 0.1) is 5.82 Å². The molecule has 3 rings (SSSR count). The number of rotatable bonds is 6. The number of aryl methyl sites for hydroxylation is 1. The summed E-state index contributed by atoms with van der Waals surface area (Å²) in [6.45, 7) is 4.52. The largest absolute Gasteiger partial charge is 0.380 e. The van der Waals surface area contributed by atoms with Crippen molar-refractivity contribution in [3.8, 4) is 0 Å². The molecule has 1 aliphatic heterocycles. The highest BCUT2D eigenvalue weighted by Gasteiger charge is 2.13. The van der Waals surface area contributed by atoms with E-state index in [4.69, 9.17) is 10.5 Å². The number of nitrogens with zero attached hydrogens (tertiary/aromatic N) is 4. The van der Waals surface area contributed by atoms with Gasteiger partial charge in [-0.1, -0.05) is 6.07 Å². The number of H-pyrrole nitrogens is 1. The van der Waals surface area contributed by atoms with Crippen molar-refractivity contribution in [2.75, 3.05) is 38.6 Å². The van der Waals surface area contributed by atoms with E-state index in [0.29, 0.717) is 17.2 Å². The van der Waals surface area contributed by atoms with E-state index >= 15 is 0 Å². The van der Waals surface area contributed by atoms with Gasteiger partial charge in [0.15, 0.2) is 11.5 Å². The SMILES string of the molecule is Nc1n[nH]c(CCCN2CCOCC2)c1N=Nc1cccc(F)c1. The summed E-state index contributed by atoms with van der Waals surface area (Å²) in [5.74, 6) is -0.0473. The maximum absolute atomic E-state index is 13.2. The molecule has 0 atom stereocenters. The smallest absolute Gasteiger partial charge is 0.173 e. The van der Waals surface area contributed by atoms with Crippen LogP contribution in [0.1, 0.15) is 12.1 Å². The molecule has 0 spiro atoms. The minimum atomic E-state index is -0.350. The van der Waals surface area contributed by atoms with E-state index in [9.17, 15) is 4.39 Å². The van der Waals surface area contributed by atoms with Crippen molar-refractivity contribution in [3.63, 3.8) is 0 Å². The summed E-state index contributed by atoms with van der Waals surface area (Å²) >= 11 is 0. The van der Waals surface area contributed by atoms with E-state index in [2.05, 4.69) is 25.3 Å². The van der Waals surface area contributed by atoms with Crippen molar-refractivity contribution < 1.29 is 9.13 Å². The summed E-state index contributed by atoms with van der Waals surface area (Å²) in [4.78, 5) is 2.37. The molecule has 1 fully saturated rings. The zero-order chi connectivity index (χ0) is 16.8. The first-order valence-electron chi connectivity index (χ1n) is 8.02. The number of halogens is 1. The Labute approximate surface area is 139 Å². The van der Waals surface area contributed by atoms with Crippen molar-refractivity contribution >= 4 is 17.2 Å². The fourth-order valence-electron chi connectivity index (χ4n) is 2.62. The number of azo groups is 1. The van der Waals surface area contributed by atoms with Crippen LogP contribution in [0.25, 0.3) is 0 Å². The van der Waals surface area contributed by atoms with Gasteiger partial charge in [0.05, 0.1) is 24.6 Å². The Morgan fingerprint density at radius 3 is 2.92 bits per heavy atom. The van der Waals surface area contributed by atoms with Gasteiger partial charge in [-0.2, -0.15) is 10.2 Å². The minimum Gasteiger partial charge on any atom is -0.380 e. The van der Waals surface area contributed by atoms with Crippen molar-refractivity contribution in [2.24, 2.45) is 10.2 Å². The molecule has 2 aromatic rings. The number of anilines is 1. The molecule has 0 saturated carbocycles. The Hall–Kier alpha value is -2.32. The highest BCUT2D eigenvalue weighted by Crippen LogP contribution is 2.27. The molecule has 0 bridgehead atoms. The van der Waals surface area contributed by atoms with Gasteiger partial charge in [-0.15, -0.1) is 5.11 Å². The number of nitrogens with one attached hydrogen (secondary N) is 1. The second kappa shape index (κ2) is 7.98. The molecular formula is C16H21FN6O. The first-order valence-corrected chi connectivity index (χ1v) is 8.02. The van der Waals surface area contributed by atoms with E-state index in [-0.39, 0.29) is 5.82 Å². The van der Waals surface area contributed by atoms with Crippen molar-refractivity contribution in [2.45, 2.75) is 12.8 Å². The van der Waals surface area contributed by atoms with E-state index in [1.165, 1.54) is 12.1 Å². The average Bonchev–Trinajstić information content (AvgIpc) is 2.94. The number of hydrogen-bond acceptors (Lipinski definition) is 6. The zero-order valence-electron chi connectivity index (χ0n) is 13.4. The molecule has 0 amide bonds. The molecule has 24 heavy (non-hydrogen) atoms. The van der Waals surface area contributed by atoms with Crippen LogP contribution in [0.15, 0.2) is 34.5 Å². The van der Waals surface area contributed by atoms with Gasteiger partial charge in [-0.25, -0.2) is 4.39 Å². The number of morpholine rings is 1. The summed E-state index contributed by atoms with van der Waals surface area (Å²) in [5.41, 5.74) is 7.67. The molecule has 0 aliphatic carbocycles. The highest BCUT2D eigenvalue weighted by molar-refractivity contribution is 5.60. The normalized spacial score (nSPS) is 16.0. The first kappa shape index (κ1) is 16.5. The summed E-state index contributed by atoms with van der Waals surface area (Å²) in [5, 5.41) is 15.1. The van der Waals surface area contributed by atoms with Gasteiger partial charge in [0.1, 0.15) is 5.82 Å². The molecule has 1 aliphatic rings. The van der Waals surface area contributed by atoms with Crippen molar-refractivity contribution in [3.05, 3.63) is 35.8 Å². The number of nitrogens with two attached hydrogens (primary N) is 1. The Balaban J connectivity index is 1.60. The summed E-state index contributed by atoms with van der Waals surface area (Å²) in [6.07, 6.45) is 1.74. The van der Waals surface area contributed by atoms with Gasteiger partial charge < -0.3 is 10.5 Å². The fourth-order valence-corrected chi connectivity index (χ4v) is 2.62. The fraction of sp³-hybridized carbons (Fsp3) is 0.438. The van der Waals surface area contributed by atoms with Gasteiger partial charge in [0.25, 0.3) is 0 Å². The van der Waals surface area contributed by atoms with Gasteiger partial charge in [0, 0.05) is 19.2 Å². The Morgan fingerprint density at radius 1 is 1.29 bits per heavy atom. The van der Waals surface area contributed by atoms with E-state index < -0.39 is 0 Å². The molecule has 2 heterocycles. The Bertz CT molecular complexity index is 696. The maximum Gasteiger partial charge on any atom is 0.173 e. The molecular weight excluding hydrogens is 311 g/mol. The second-order valence-electron chi connectivity index (χ2n) is 5.67. The monoisotopic (exact) mass is 332 g/mol. The van der Waals surface area contributed by atoms with Gasteiger partial charge in [-0.05, 0) is 31.5 Å². The van der Waals surface area contributed by atoms with Crippen LogP contribution >= 0.6 is 0 Å². The summed E-state index contributed by atoms with van der Waals surface area (Å²) in [7, 11) is 0. The number of aromatic nitrogens is 2. The van der Waals surface area contributed by atoms with Crippen LogP contribution in [-0.2, 0) is 11.2 Å². The lowest BCUT2D eigenvalue weighted by Crippen LogP contribution is -2.36. The predicted molar refractivity (Wildman–Crippen MR) is 89.2 cm³/mol. The van der Waals surface area contributed by atoms with Crippen LogP contribution in [-0.4, -0.2) is 47.9 Å². The average molecular weight is 332 g/mol. The van der Waals surface area contributed by atoms with E-state index in [1.807, 2.05) is 0 Å². The Kier molecular flexibility index (Phi) is 5.50. The summed E-state index contributed by atoms with van der Waals surface area (Å²) < 4.78 is 18.5. The number of ether oxygens (including phenoxy) is 1. The molecule has 3 N–H and O–H groups in total. The molecule has 1 saturated heterocycles. The topological polar surface area (TPSA) is 91.9 Å². The van der Waals surface area contributed by atoms with E-state index in [0.717, 1.165) is 51.4 Å². The second-order valence-corrected chi connectivity index (χ2v) is 5.67. The number of benzene rings is 1. The third-order valence-electron chi connectivity index (χ3n) is 3.92. The predicted octanol–water partition coefficient (Wildman–Crippen LogP) is 2.81. The third-order valence-corrected chi connectivity index (χ3v) is 3.92. The van der Waals surface area contributed by atoms with Crippen LogP contribution in [0.5, 0.6) is 0 Å². The number of hydrogen-bond donors (Lipinski definition) is 2. The quantitative estimate of drug-likeness (QED) is 0.796. The van der Waals surface area contributed by atoms with Crippen molar-refractivity contribution in [1.82, 2.24) is 15.1 Å². The van der Waals surface area contributed by atoms with E-state index in [1.54, 1.807) is 12.1 Å². The summed E-state index contributed by atoms with van der Waals surface area (Å²) in [6, 6.07) is 5.95. The Morgan fingerprint density at radius 2 is 2.12 bits per heavy atom. The van der Waals surface area contributed by atoms with Crippen LogP contribution < -0.4 is 5.73 Å². The van der Waals surface area contributed by atoms with Crippen LogP contribution in [0.3, 0.4) is 0 Å². The molecule has 1 aromatic heterocycles. The number of aromatic amines is 1. The third kappa shape index (κ3) is 4.36. The maximum atomic E-state index is 13.2. The van der Waals surface area contributed by atoms with Crippen molar-refractivity contribution in [1.29, 1.82) is 0 Å². The first-order chi connectivity index (χ1) is 11.7. The van der Waals surface area contributed by atoms with Gasteiger partial charge in [0.2, 0.25) is 0 Å².